The number of nitrogens with one attached hydrogen (secondary N) is 1. The Morgan fingerprint density at radius 2 is 1.51 bits per heavy atom. The van der Waals surface area contributed by atoms with Crippen LogP contribution in [-0.4, -0.2) is 68.3 Å². The van der Waals surface area contributed by atoms with Crippen LogP contribution in [-0.2, 0) is 37.7 Å². The van der Waals surface area contributed by atoms with Gasteiger partial charge in [0.2, 0.25) is 0 Å². The predicted molar refractivity (Wildman–Crippen MR) is 191 cm³/mol. The van der Waals surface area contributed by atoms with Gasteiger partial charge in [-0.15, -0.1) is 0 Å². The molecule has 0 aliphatic heterocycles. The molecule has 1 atom stereocenters. The van der Waals surface area contributed by atoms with Crippen molar-refractivity contribution in [1.29, 1.82) is 0 Å². The maximum Gasteiger partial charge on any atom is 0.294 e. The molecular weight excluding hydrogens is 667 g/mol. The topological polar surface area (TPSA) is 170 Å². The second-order valence-corrected chi connectivity index (χ2v) is 16.3. The van der Waals surface area contributed by atoms with Gasteiger partial charge in [0.1, 0.15) is 5.75 Å². The van der Waals surface area contributed by atoms with Crippen LogP contribution in [0, 0.1) is 6.92 Å². The molecule has 0 saturated heterocycles. The molecule has 49 heavy (non-hydrogen) atoms. The third-order valence-electron chi connectivity index (χ3n) is 8.68. The van der Waals surface area contributed by atoms with E-state index < -0.39 is 26.1 Å². The molecule has 12 heteroatoms. The standard InChI is InChI=1S/C30H45NO6S.C7H8O3S/c32-23-26-21-25(15-16-29(26)33)30(34)22-31-17-6-1-2-7-18-37-19-8-5-10-24-11-9-14-28(20-24)38(35,36)27-12-3-4-13-27;1-6-2-4-7(5-3-6)11(8,9)10/h9,11,14-16,20-21,27,30-34H,1-8,10,12-13,17-19,22-23H2;2-5H,1H3,(H,8,9,10)/t30-;/m0./s1. The Morgan fingerprint density at radius 3 is 2.18 bits per heavy atom. The van der Waals surface area contributed by atoms with Crippen molar-refractivity contribution < 1.29 is 41.4 Å². The van der Waals surface area contributed by atoms with E-state index in [0.29, 0.717) is 22.6 Å². The number of phenols is 1. The van der Waals surface area contributed by atoms with Gasteiger partial charge in [0.25, 0.3) is 10.1 Å². The summed E-state index contributed by atoms with van der Waals surface area (Å²) in [5.41, 5.74) is 3.14. The monoisotopic (exact) mass is 719 g/mol. The summed E-state index contributed by atoms with van der Waals surface area (Å²) in [4.78, 5) is 0.418. The van der Waals surface area contributed by atoms with Crippen LogP contribution in [0.2, 0.25) is 0 Å². The minimum Gasteiger partial charge on any atom is -0.508 e. The van der Waals surface area contributed by atoms with Crippen molar-refractivity contribution in [3.63, 3.8) is 0 Å². The smallest absolute Gasteiger partial charge is 0.294 e. The summed E-state index contributed by atoms with van der Waals surface area (Å²) in [5, 5.41) is 32.2. The second-order valence-electron chi connectivity index (χ2n) is 12.6. The van der Waals surface area contributed by atoms with Gasteiger partial charge in [-0.2, -0.15) is 8.42 Å². The van der Waals surface area contributed by atoms with Crippen LogP contribution < -0.4 is 5.32 Å². The Labute approximate surface area is 292 Å². The molecule has 0 radical (unpaired) electrons. The highest BCUT2D eigenvalue weighted by molar-refractivity contribution is 7.92. The van der Waals surface area contributed by atoms with Crippen LogP contribution in [0.25, 0.3) is 0 Å². The van der Waals surface area contributed by atoms with Gasteiger partial charge in [-0.25, -0.2) is 8.42 Å². The summed E-state index contributed by atoms with van der Waals surface area (Å²) in [6.07, 6.45) is 10.0. The summed E-state index contributed by atoms with van der Waals surface area (Å²) in [7, 11) is -7.21. The quantitative estimate of drug-likeness (QED) is 0.0724. The fourth-order valence-corrected chi connectivity index (χ4v) is 8.12. The van der Waals surface area contributed by atoms with Gasteiger partial charge >= 0.3 is 0 Å². The first-order valence-electron chi connectivity index (χ1n) is 17.2. The molecule has 0 heterocycles. The van der Waals surface area contributed by atoms with Crippen LogP contribution in [0.15, 0.2) is 76.5 Å². The number of aryl methyl sites for hydroxylation is 2. The van der Waals surface area contributed by atoms with E-state index in [1.54, 1.807) is 30.3 Å². The van der Waals surface area contributed by atoms with Gasteiger partial charge < -0.3 is 25.4 Å². The van der Waals surface area contributed by atoms with E-state index >= 15 is 0 Å². The first-order valence-corrected chi connectivity index (χ1v) is 20.2. The van der Waals surface area contributed by atoms with Crippen molar-refractivity contribution in [3.05, 3.63) is 89.0 Å². The number of aromatic hydroxyl groups is 1. The first kappa shape index (κ1) is 40.6. The van der Waals surface area contributed by atoms with E-state index in [2.05, 4.69) is 5.32 Å². The number of aliphatic hydroxyl groups is 2. The fraction of sp³-hybridized carbons (Fsp3) is 0.514. The SMILES string of the molecule is Cc1ccc(S(=O)(=O)O)cc1.O=S(=O)(c1cccc(CCCCOCCCCCCNC[C@H](O)c2ccc(O)c(CO)c2)c1)C1CCCC1. The van der Waals surface area contributed by atoms with Gasteiger partial charge in [0, 0.05) is 25.3 Å². The Balaban J connectivity index is 0.000000501. The van der Waals surface area contributed by atoms with E-state index in [9.17, 15) is 32.2 Å². The molecule has 0 amide bonds. The van der Waals surface area contributed by atoms with E-state index in [0.717, 1.165) is 102 Å². The van der Waals surface area contributed by atoms with Crippen LogP contribution in [0.4, 0.5) is 0 Å². The average molecular weight is 720 g/mol. The van der Waals surface area contributed by atoms with E-state index in [1.165, 1.54) is 18.2 Å². The third-order valence-corrected chi connectivity index (χ3v) is 11.8. The lowest BCUT2D eigenvalue weighted by atomic mass is 10.1. The number of hydrogen-bond donors (Lipinski definition) is 5. The molecule has 5 N–H and O–H groups in total. The highest BCUT2D eigenvalue weighted by Crippen LogP contribution is 2.30. The van der Waals surface area contributed by atoms with Crippen molar-refractivity contribution in [2.24, 2.45) is 0 Å². The number of benzene rings is 3. The molecule has 1 fully saturated rings. The first-order chi connectivity index (χ1) is 23.4. The van der Waals surface area contributed by atoms with Crippen molar-refractivity contribution >= 4 is 20.0 Å². The maximum atomic E-state index is 12.8. The molecule has 1 saturated carbocycles. The van der Waals surface area contributed by atoms with Gasteiger partial charge in [-0.05, 0) is 106 Å². The largest absolute Gasteiger partial charge is 0.508 e. The Hall–Kier alpha value is -2.84. The Bertz CT molecular complexity index is 1620. The second kappa shape index (κ2) is 20.7. The summed E-state index contributed by atoms with van der Waals surface area (Å²) >= 11 is 0. The normalized spacial score (nSPS) is 14.4. The molecule has 1 aliphatic rings. The zero-order valence-corrected chi connectivity index (χ0v) is 30.1. The van der Waals surface area contributed by atoms with E-state index in [-0.39, 0.29) is 22.5 Å². The molecule has 0 spiro atoms. The third kappa shape index (κ3) is 14.1. The molecule has 4 rings (SSSR count). The van der Waals surface area contributed by atoms with Crippen molar-refractivity contribution in [2.45, 2.75) is 105 Å². The molecule has 3 aromatic carbocycles. The highest BCUT2D eigenvalue weighted by atomic mass is 32.2. The lowest BCUT2D eigenvalue weighted by molar-refractivity contribution is 0.126. The average Bonchev–Trinajstić information content (AvgIpc) is 3.64. The number of sulfone groups is 1. The van der Waals surface area contributed by atoms with Crippen LogP contribution in [0.5, 0.6) is 5.75 Å². The van der Waals surface area contributed by atoms with Crippen LogP contribution in [0.3, 0.4) is 0 Å². The lowest BCUT2D eigenvalue weighted by Gasteiger charge is -2.14. The highest BCUT2D eigenvalue weighted by Gasteiger charge is 2.30. The number of aliphatic hydroxyl groups excluding tert-OH is 2. The molecule has 0 unspecified atom stereocenters. The molecule has 272 valence electrons. The molecular formula is C37H53NO9S2. The molecule has 1 aliphatic carbocycles. The summed E-state index contributed by atoms with van der Waals surface area (Å²) < 4.78 is 61.0. The zero-order valence-electron chi connectivity index (χ0n) is 28.5. The zero-order chi connectivity index (χ0) is 35.7. The molecule has 0 bridgehead atoms. The molecule has 0 aromatic heterocycles. The van der Waals surface area contributed by atoms with Crippen LogP contribution >= 0.6 is 0 Å². The van der Waals surface area contributed by atoms with Crippen molar-refractivity contribution in [3.8, 4) is 5.75 Å². The number of hydrogen-bond acceptors (Lipinski definition) is 9. The number of ether oxygens (including phenoxy) is 1. The Kier molecular flexibility index (Phi) is 17.2. The van der Waals surface area contributed by atoms with Crippen LogP contribution in [0.1, 0.15) is 92.6 Å². The van der Waals surface area contributed by atoms with Gasteiger partial charge in [0.15, 0.2) is 9.84 Å². The minimum absolute atomic E-state index is 0.0372. The minimum atomic E-state index is -4.02. The van der Waals surface area contributed by atoms with Gasteiger partial charge in [0.05, 0.1) is 27.8 Å². The summed E-state index contributed by atoms with van der Waals surface area (Å²) in [6, 6.07) is 18.3. The van der Waals surface area contributed by atoms with E-state index in [4.69, 9.17) is 9.29 Å². The van der Waals surface area contributed by atoms with Crippen molar-refractivity contribution in [2.75, 3.05) is 26.3 Å². The number of rotatable bonds is 19. The molecule has 10 nitrogen and oxygen atoms in total. The van der Waals surface area contributed by atoms with Crippen molar-refractivity contribution in [1.82, 2.24) is 5.32 Å². The van der Waals surface area contributed by atoms with Gasteiger partial charge in [-0.1, -0.05) is 61.6 Å². The Morgan fingerprint density at radius 1 is 0.837 bits per heavy atom. The predicted octanol–water partition coefficient (Wildman–Crippen LogP) is 6.07. The summed E-state index contributed by atoms with van der Waals surface area (Å²) in [5.74, 6) is 0.0372. The molecule has 3 aromatic rings. The number of unbranched alkanes of at least 4 members (excludes halogenated alkanes) is 4. The summed E-state index contributed by atoms with van der Waals surface area (Å²) in [6.45, 7) is 4.33. The van der Waals surface area contributed by atoms with E-state index in [1.807, 2.05) is 25.1 Å². The van der Waals surface area contributed by atoms with Gasteiger partial charge in [-0.3, -0.25) is 4.55 Å². The lowest BCUT2D eigenvalue weighted by Crippen LogP contribution is -2.22. The fourth-order valence-electron chi connectivity index (χ4n) is 5.72. The maximum absolute atomic E-state index is 12.8.